The van der Waals surface area contributed by atoms with E-state index in [1.165, 1.54) is 4.90 Å². The van der Waals surface area contributed by atoms with Gasteiger partial charge in [0.2, 0.25) is 5.76 Å². The van der Waals surface area contributed by atoms with Crippen molar-refractivity contribution in [3.63, 3.8) is 0 Å². The minimum Gasteiger partial charge on any atom is -0.496 e. The van der Waals surface area contributed by atoms with Crippen LogP contribution in [0, 0.1) is 0 Å². The molecule has 1 aliphatic carbocycles. The normalized spacial score (nSPS) is 29.9. The van der Waals surface area contributed by atoms with Crippen molar-refractivity contribution in [1.29, 1.82) is 0 Å². The summed E-state index contributed by atoms with van der Waals surface area (Å²) in [5.41, 5.74) is 1.47. The van der Waals surface area contributed by atoms with Crippen LogP contribution in [0.3, 0.4) is 0 Å². The Kier molecular flexibility index (Phi) is 5.42. The Morgan fingerprint density at radius 1 is 1.42 bits per heavy atom. The fourth-order valence-electron chi connectivity index (χ4n) is 4.88. The number of nitrogens with one attached hydrogen (secondary N) is 2. The van der Waals surface area contributed by atoms with Crippen molar-refractivity contribution in [2.24, 2.45) is 0 Å². The van der Waals surface area contributed by atoms with Crippen LogP contribution in [-0.4, -0.2) is 49.7 Å². The summed E-state index contributed by atoms with van der Waals surface area (Å²) in [6.45, 7) is 5.30. The van der Waals surface area contributed by atoms with E-state index >= 15 is 0 Å². The fourth-order valence-corrected chi connectivity index (χ4v) is 4.88. The largest absolute Gasteiger partial charge is 0.496 e. The van der Waals surface area contributed by atoms with E-state index in [0.29, 0.717) is 30.2 Å². The van der Waals surface area contributed by atoms with E-state index in [1.807, 2.05) is 12.3 Å². The molecule has 1 aromatic carbocycles. The molecule has 3 heterocycles. The summed E-state index contributed by atoms with van der Waals surface area (Å²) in [7, 11) is 1.62. The number of carbonyl (C=O) groups is 1. The number of benzene rings is 1. The van der Waals surface area contributed by atoms with Crippen molar-refractivity contribution in [3.05, 3.63) is 59.7 Å². The molecular formula is C25H29N2O6+. The molecule has 8 nitrogen and oxygen atoms in total. The zero-order valence-corrected chi connectivity index (χ0v) is 19.0. The summed E-state index contributed by atoms with van der Waals surface area (Å²) in [6.07, 6.45) is 11.9. The fraction of sp³-hybridized carbons (Fsp3) is 0.400. The predicted molar refractivity (Wildman–Crippen MR) is 121 cm³/mol. The van der Waals surface area contributed by atoms with Crippen molar-refractivity contribution >= 4 is 11.5 Å². The van der Waals surface area contributed by atoms with Crippen LogP contribution in [0.2, 0.25) is 0 Å². The molecule has 5 rings (SSSR count). The molecule has 0 bridgehead atoms. The summed E-state index contributed by atoms with van der Waals surface area (Å²) in [5.74, 6) is 1.14. The number of allylic oxidation sites excluding steroid dienone is 2. The van der Waals surface area contributed by atoms with Gasteiger partial charge < -0.3 is 29.4 Å². The molecule has 1 unspecified atom stereocenters. The number of quaternary nitrogens is 1. The standard InChI is InChI=1S/C25H28N2O6/c1-4-31-24(28)19-12-15(7-10-27-11-9-26-14-27)20-17(32-19)13-18-21(22(20)30-3)16-6-5-8-25(2,29)23(16)33-18/h5-7,9,11-13,16,23,26,29H,4,8,10,14H2,1-3H3/p+1/b15-7+/t16-,23-,25+/m0/s1. The highest BCUT2D eigenvalue weighted by Crippen LogP contribution is 2.55. The van der Waals surface area contributed by atoms with Gasteiger partial charge in [0.1, 0.15) is 41.7 Å². The Bertz CT molecular complexity index is 1100. The second-order valence-electron chi connectivity index (χ2n) is 8.82. The van der Waals surface area contributed by atoms with Crippen LogP contribution < -0.4 is 24.4 Å². The average Bonchev–Trinajstić information content (AvgIpc) is 3.44. The molecule has 174 valence electrons. The molecule has 1 aromatic rings. The number of carbonyl (C=O) groups excluding carboxylic acids is 1. The molecule has 3 aliphatic heterocycles. The van der Waals surface area contributed by atoms with Crippen molar-refractivity contribution in [2.75, 3.05) is 26.9 Å². The van der Waals surface area contributed by atoms with Gasteiger partial charge in [0.05, 0.1) is 25.5 Å². The molecule has 3 N–H and O–H groups in total. The van der Waals surface area contributed by atoms with Crippen molar-refractivity contribution < 1.29 is 33.7 Å². The molecule has 8 heteroatoms. The summed E-state index contributed by atoms with van der Waals surface area (Å²) in [6, 6.07) is 1.79. The topological polar surface area (TPSA) is 90.7 Å². The first-order valence-electron chi connectivity index (χ1n) is 11.3. The first kappa shape index (κ1) is 21.6. The predicted octanol–water partition coefficient (Wildman–Crippen LogP) is 1.39. The minimum absolute atomic E-state index is 0.116. The monoisotopic (exact) mass is 453 g/mol. The summed E-state index contributed by atoms with van der Waals surface area (Å²) >= 11 is 0. The Morgan fingerprint density at radius 2 is 2.27 bits per heavy atom. The molecule has 0 fully saturated rings. The van der Waals surface area contributed by atoms with E-state index in [9.17, 15) is 9.90 Å². The van der Waals surface area contributed by atoms with Gasteiger partial charge in [-0.15, -0.1) is 0 Å². The van der Waals surface area contributed by atoms with Gasteiger partial charge in [-0.2, -0.15) is 0 Å². The molecule has 33 heavy (non-hydrogen) atoms. The maximum Gasteiger partial charge on any atom is 0.374 e. The van der Waals surface area contributed by atoms with Crippen molar-refractivity contribution in [3.8, 4) is 17.2 Å². The summed E-state index contributed by atoms with van der Waals surface area (Å²) in [5, 5.41) is 14.1. The third kappa shape index (κ3) is 3.69. The van der Waals surface area contributed by atoms with E-state index in [2.05, 4.69) is 23.7 Å². The molecule has 0 radical (unpaired) electrons. The number of rotatable bonds is 5. The zero-order chi connectivity index (χ0) is 23.2. The number of hydrogen-bond donors (Lipinski definition) is 3. The maximum atomic E-state index is 12.5. The van der Waals surface area contributed by atoms with E-state index in [1.54, 1.807) is 33.1 Å². The van der Waals surface area contributed by atoms with Crippen LogP contribution in [0.15, 0.2) is 48.5 Å². The molecule has 0 amide bonds. The highest BCUT2D eigenvalue weighted by atomic mass is 16.6. The van der Waals surface area contributed by atoms with Gasteiger partial charge in [-0.25, -0.2) is 4.79 Å². The molecule has 0 spiro atoms. The lowest BCUT2D eigenvalue weighted by molar-refractivity contribution is -0.836. The second kappa shape index (κ2) is 8.28. The molecule has 4 aliphatic rings. The summed E-state index contributed by atoms with van der Waals surface area (Å²) in [4.78, 5) is 13.8. The Labute approximate surface area is 192 Å². The lowest BCUT2D eigenvalue weighted by atomic mass is 9.78. The summed E-state index contributed by atoms with van der Waals surface area (Å²) < 4.78 is 23.3. The minimum atomic E-state index is -1.00. The van der Waals surface area contributed by atoms with Crippen LogP contribution in [-0.2, 0) is 9.53 Å². The lowest BCUT2D eigenvalue weighted by Gasteiger charge is -2.34. The second-order valence-corrected chi connectivity index (χ2v) is 8.82. The van der Waals surface area contributed by atoms with E-state index in [-0.39, 0.29) is 18.3 Å². The van der Waals surface area contributed by atoms with Gasteiger partial charge in [-0.05, 0) is 38.0 Å². The van der Waals surface area contributed by atoms with Gasteiger partial charge in [-0.3, -0.25) is 4.90 Å². The molecular weight excluding hydrogens is 424 g/mol. The van der Waals surface area contributed by atoms with Crippen molar-refractivity contribution in [1.82, 2.24) is 5.32 Å². The first-order chi connectivity index (χ1) is 15.9. The number of methoxy groups -OCH3 is 1. The third-order valence-electron chi connectivity index (χ3n) is 6.47. The van der Waals surface area contributed by atoms with Gasteiger partial charge in [0.15, 0.2) is 6.67 Å². The van der Waals surface area contributed by atoms with Gasteiger partial charge in [0.25, 0.3) is 0 Å². The Hall–Kier alpha value is -3.23. The SMILES string of the molecule is CCOC(=O)C1=C/C(=C\C[NH+]2C=CNC2)c2c(cc3c(c2OC)[C@@H]2C=CC[C@@](C)(O)[C@H]2O3)O1. The van der Waals surface area contributed by atoms with E-state index in [0.717, 1.165) is 23.4 Å². The number of fused-ring (bicyclic) bond motifs is 4. The smallest absolute Gasteiger partial charge is 0.374 e. The van der Waals surface area contributed by atoms with Gasteiger partial charge in [-0.1, -0.05) is 12.2 Å². The highest BCUT2D eigenvalue weighted by Gasteiger charge is 2.49. The van der Waals surface area contributed by atoms with Gasteiger partial charge >= 0.3 is 5.97 Å². The Morgan fingerprint density at radius 3 is 3.00 bits per heavy atom. The molecule has 0 saturated carbocycles. The quantitative estimate of drug-likeness (QED) is 0.459. The molecule has 0 aromatic heterocycles. The number of ether oxygens (including phenoxy) is 4. The van der Waals surface area contributed by atoms with Crippen LogP contribution in [0.25, 0.3) is 5.57 Å². The van der Waals surface area contributed by atoms with Crippen molar-refractivity contribution in [2.45, 2.75) is 37.9 Å². The third-order valence-corrected chi connectivity index (χ3v) is 6.47. The number of aliphatic hydroxyl groups is 1. The first-order valence-corrected chi connectivity index (χ1v) is 11.3. The van der Waals surface area contributed by atoms with Crippen LogP contribution in [0.1, 0.15) is 37.3 Å². The maximum absolute atomic E-state index is 12.5. The number of esters is 1. The zero-order valence-electron chi connectivity index (χ0n) is 19.0. The number of hydrogen-bond acceptors (Lipinski definition) is 7. The van der Waals surface area contributed by atoms with Crippen LogP contribution in [0.4, 0.5) is 0 Å². The molecule has 4 atom stereocenters. The molecule has 0 saturated heterocycles. The van der Waals surface area contributed by atoms with Crippen LogP contribution >= 0.6 is 0 Å². The van der Waals surface area contributed by atoms with Gasteiger partial charge in [0, 0.05) is 17.5 Å². The lowest BCUT2D eigenvalue weighted by Crippen LogP contribution is -3.07. The van der Waals surface area contributed by atoms with E-state index in [4.69, 9.17) is 18.9 Å². The van der Waals surface area contributed by atoms with E-state index < -0.39 is 17.7 Å². The highest BCUT2D eigenvalue weighted by molar-refractivity contribution is 5.96. The van der Waals surface area contributed by atoms with Crippen LogP contribution in [0.5, 0.6) is 17.2 Å². The average molecular weight is 454 g/mol. The Balaban J connectivity index is 1.62.